The van der Waals surface area contributed by atoms with Crippen LogP contribution in [-0.4, -0.2) is 4.98 Å². The fraction of sp³-hybridized carbons (Fsp3) is 0.500. The highest BCUT2D eigenvalue weighted by molar-refractivity contribution is 5.12. The van der Waals surface area contributed by atoms with E-state index in [0.29, 0.717) is 0 Å². The SMILES string of the molecule is CC.CC.O=c1[nH]cccc1C(F)(F)F. The number of aromatic amines is 1. The second kappa shape index (κ2) is 8.08. The van der Waals surface area contributed by atoms with Crippen LogP contribution in [0.15, 0.2) is 23.1 Å². The minimum absolute atomic E-state index is 0.735. The first-order valence-electron chi connectivity index (χ1n) is 4.77. The quantitative estimate of drug-likeness (QED) is 0.718. The van der Waals surface area contributed by atoms with E-state index in [0.717, 1.165) is 18.3 Å². The summed E-state index contributed by atoms with van der Waals surface area (Å²) in [5.41, 5.74) is -2.28. The van der Waals surface area contributed by atoms with Crippen molar-refractivity contribution in [1.29, 1.82) is 0 Å². The van der Waals surface area contributed by atoms with Crippen molar-refractivity contribution in [1.82, 2.24) is 4.98 Å². The molecule has 0 atom stereocenters. The number of hydrogen-bond donors (Lipinski definition) is 1. The Morgan fingerprint density at radius 3 is 1.87 bits per heavy atom. The van der Waals surface area contributed by atoms with Gasteiger partial charge in [-0.25, -0.2) is 0 Å². The number of pyridine rings is 1. The first-order chi connectivity index (χ1) is 7.02. The molecule has 0 unspecified atom stereocenters. The monoisotopic (exact) mass is 223 g/mol. The highest BCUT2D eigenvalue weighted by atomic mass is 19.4. The molecule has 15 heavy (non-hydrogen) atoms. The number of rotatable bonds is 0. The van der Waals surface area contributed by atoms with E-state index < -0.39 is 17.3 Å². The molecule has 0 saturated carbocycles. The van der Waals surface area contributed by atoms with Crippen LogP contribution in [-0.2, 0) is 6.18 Å². The summed E-state index contributed by atoms with van der Waals surface area (Å²) in [6, 6.07) is 1.86. The first-order valence-corrected chi connectivity index (χ1v) is 4.77. The standard InChI is InChI=1S/C6H4F3NO.2C2H6/c7-6(8,9)4-2-1-3-10-5(4)11;2*1-2/h1-3H,(H,10,11);2*1-2H3. The number of H-pyrrole nitrogens is 1. The maximum absolute atomic E-state index is 11.8. The summed E-state index contributed by atoms with van der Waals surface area (Å²) >= 11 is 0. The van der Waals surface area contributed by atoms with Gasteiger partial charge in [-0.05, 0) is 12.1 Å². The van der Waals surface area contributed by atoms with Gasteiger partial charge in [-0.15, -0.1) is 0 Å². The number of alkyl halides is 3. The second-order valence-corrected chi connectivity index (χ2v) is 1.91. The molecule has 0 aromatic carbocycles. The molecule has 0 aliphatic heterocycles. The Kier molecular flexibility index (Phi) is 8.72. The van der Waals surface area contributed by atoms with Crippen LogP contribution in [0.4, 0.5) is 13.2 Å². The van der Waals surface area contributed by atoms with E-state index in [1.807, 2.05) is 32.7 Å². The Hall–Kier alpha value is -1.26. The largest absolute Gasteiger partial charge is 0.421 e. The summed E-state index contributed by atoms with van der Waals surface area (Å²) in [5.74, 6) is 0. The molecule has 0 aliphatic rings. The average molecular weight is 223 g/mol. The molecule has 2 nitrogen and oxygen atoms in total. The molecule has 0 fully saturated rings. The molecule has 1 aromatic rings. The topological polar surface area (TPSA) is 32.9 Å². The summed E-state index contributed by atoms with van der Waals surface area (Å²) in [7, 11) is 0. The Balaban J connectivity index is 0. The molecule has 0 amide bonds. The minimum atomic E-state index is -4.56. The van der Waals surface area contributed by atoms with Crippen molar-refractivity contribution < 1.29 is 13.2 Å². The summed E-state index contributed by atoms with van der Waals surface area (Å²) in [6.45, 7) is 8.00. The number of aromatic nitrogens is 1. The molecule has 88 valence electrons. The summed E-state index contributed by atoms with van der Waals surface area (Å²) in [5, 5.41) is 0. The maximum atomic E-state index is 11.8. The molecule has 0 spiro atoms. The highest BCUT2D eigenvalue weighted by Gasteiger charge is 2.33. The molecule has 0 bridgehead atoms. The third-order valence-electron chi connectivity index (χ3n) is 1.12. The van der Waals surface area contributed by atoms with Crippen LogP contribution in [0.5, 0.6) is 0 Å². The van der Waals surface area contributed by atoms with Gasteiger partial charge >= 0.3 is 6.18 Å². The molecule has 0 aliphatic carbocycles. The third kappa shape index (κ3) is 5.93. The van der Waals surface area contributed by atoms with Gasteiger partial charge in [-0.1, -0.05) is 27.7 Å². The van der Waals surface area contributed by atoms with Gasteiger partial charge in [0, 0.05) is 6.20 Å². The summed E-state index contributed by atoms with van der Waals surface area (Å²) in [6.07, 6.45) is -3.41. The molecular formula is C10H16F3NO. The van der Waals surface area contributed by atoms with E-state index >= 15 is 0 Å². The van der Waals surface area contributed by atoms with E-state index in [-0.39, 0.29) is 0 Å². The molecular weight excluding hydrogens is 207 g/mol. The zero-order chi connectivity index (χ0) is 12.5. The third-order valence-corrected chi connectivity index (χ3v) is 1.12. The fourth-order valence-electron chi connectivity index (χ4n) is 0.645. The Bertz CT molecular complexity index is 304. The molecule has 1 rings (SSSR count). The van der Waals surface area contributed by atoms with Crippen LogP contribution in [0, 0.1) is 0 Å². The van der Waals surface area contributed by atoms with E-state index in [4.69, 9.17) is 0 Å². The maximum Gasteiger partial charge on any atom is 0.421 e. The lowest BCUT2D eigenvalue weighted by Crippen LogP contribution is -2.20. The first kappa shape index (κ1) is 16.2. The zero-order valence-corrected chi connectivity index (χ0v) is 9.27. The van der Waals surface area contributed by atoms with Crippen LogP contribution < -0.4 is 5.56 Å². The predicted octanol–water partition coefficient (Wildman–Crippen LogP) is 3.45. The lowest BCUT2D eigenvalue weighted by Gasteiger charge is -2.02. The van der Waals surface area contributed by atoms with Crippen LogP contribution >= 0.6 is 0 Å². The van der Waals surface area contributed by atoms with E-state index in [1.165, 1.54) is 0 Å². The van der Waals surface area contributed by atoms with Gasteiger partial charge in [0.05, 0.1) is 0 Å². The minimum Gasteiger partial charge on any atom is -0.329 e. The molecule has 0 saturated heterocycles. The van der Waals surface area contributed by atoms with Crippen molar-refractivity contribution in [3.8, 4) is 0 Å². The van der Waals surface area contributed by atoms with Crippen molar-refractivity contribution >= 4 is 0 Å². The second-order valence-electron chi connectivity index (χ2n) is 1.91. The molecule has 5 heteroatoms. The highest BCUT2D eigenvalue weighted by Crippen LogP contribution is 2.25. The molecule has 0 radical (unpaired) electrons. The zero-order valence-electron chi connectivity index (χ0n) is 9.27. The van der Waals surface area contributed by atoms with E-state index in [9.17, 15) is 18.0 Å². The number of nitrogens with one attached hydrogen (secondary N) is 1. The van der Waals surface area contributed by atoms with Gasteiger partial charge in [-0.3, -0.25) is 4.79 Å². The van der Waals surface area contributed by atoms with Gasteiger partial charge in [-0.2, -0.15) is 13.2 Å². The predicted molar refractivity (Wildman–Crippen MR) is 54.8 cm³/mol. The Morgan fingerprint density at radius 2 is 1.60 bits per heavy atom. The van der Waals surface area contributed by atoms with Crippen molar-refractivity contribution in [3.05, 3.63) is 34.2 Å². The lowest BCUT2D eigenvalue weighted by atomic mass is 10.3. The van der Waals surface area contributed by atoms with E-state index in [2.05, 4.69) is 0 Å². The van der Waals surface area contributed by atoms with Gasteiger partial charge in [0.15, 0.2) is 0 Å². The summed E-state index contributed by atoms with van der Waals surface area (Å²) in [4.78, 5) is 12.4. The summed E-state index contributed by atoms with van der Waals surface area (Å²) < 4.78 is 35.5. The Morgan fingerprint density at radius 1 is 1.13 bits per heavy atom. The fourth-order valence-corrected chi connectivity index (χ4v) is 0.645. The van der Waals surface area contributed by atoms with Crippen molar-refractivity contribution in [2.45, 2.75) is 33.9 Å². The van der Waals surface area contributed by atoms with Crippen LogP contribution in [0.1, 0.15) is 33.3 Å². The van der Waals surface area contributed by atoms with Gasteiger partial charge in [0.1, 0.15) is 5.56 Å². The normalized spacial score (nSPS) is 9.27. The van der Waals surface area contributed by atoms with Crippen LogP contribution in [0.3, 0.4) is 0 Å². The number of hydrogen-bond acceptors (Lipinski definition) is 1. The van der Waals surface area contributed by atoms with Gasteiger partial charge in [0.25, 0.3) is 5.56 Å². The molecule has 1 N–H and O–H groups in total. The smallest absolute Gasteiger partial charge is 0.329 e. The van der Waals surface area contributed by atoms with Gasteiger partial charge < -0.3 is 4.98 Å². The van der Waals surface area contributed by atoms with Gasteiger partial charge in [0.2, 0.25) is 0 Å². The molecule has 1 aromatic heterocycles. The average Bonchev–Trinajstić information content (AvgIpc) is 2.23. The van der Waals surface area contributed by atoms with E-state index in [1.54, 1.807) is 0 Å². The van der Waals surface area contributed by atoms with Crippen molar-refractivity contribution in [2.24, 2.45) is 0 Å². The van der Waals surface area contributed by atoms with Crippen molar-refractivity contribution in [2.75, 3.05) is 0 Å². The molecule has 1 heterocycles. The van der Waals surface area contributed by atoms with Crippen LogP contribution in [0.25, 0.3) is 0 Å². The Labute approximate surface area is 87.1 Å². The van der Waals surface area contributed by atoms with Crippen LogP contribution in [0.2, 0.25) is 0 Å². The lowest BCUT2D eigenvalue weighted by molar-refractivity contribution is -0.138. The number of halogens is 3. The van der Waals surface area contributed by atoms with Crippen molar-refractivity contribution in [3.63, 3.8) is 0 Å².